The molecule has 0 fully saturated rings. The second-order valence-corrected chi connectivity index (χ2v) is 3.04. The van der Waals surface area contributed by atoms with Gasteiger partial charge in [-0.3, -0.25) is 0 Å². The molecule has 0 aliphatic heterocycles. The predicted molar refractivity (Wildman–Crippen MR) is 59.1 cm³/mol. The van der Waals surface area contributed by atoms with E-state index < -0.39 is 23.3 Å². The van der Waals surface area contributed by atoms with Crippen molar-refractivity contribution in [3.8, 4) is 0 Å². The third-order valence-corrected chi connectivity index (χ3v) is 2.03. The van der Waals surface area contributed by atoms with Gasteiger partial charge in [0.1, 0.15) is 0 Å². The van der Waals surface area contributed by atoms with Crippen LogP contribution >= 0.6 is 0 Å². The average molecular weight is 248 g/mol. The highest BCUT2D eigenvalue weighted by Gasteiger charge is 2.35. The molecule has 1 aromatic carbocycles. The molecule has 1 rings (SSSR count). The Bertz CT molecular complexity index is 384. The van der Waals surface area contributed by atoms with Crippen molar-refractivity contribution in [2.75, 3.05) is 0 Å². The van der Waals surface area contributed by atoms with E-state index in [1.807, 2.05) is 13.8 Å². The van der Waals surface area contributed by atoms with Gasteiger partial charge in [0.05, 0.1) is 11.1 Å². The second-order valence-electron chi connectivity index (χ2n) is 3.04. The molecule has 17 heavy (non-hydrogen) atoms. The Morgan fingerprint density at radius 2 is 1.82 bits per heavy atom. The summed E-state index contributed by atoms with van der Waals surface area (Å²) >= 11 is 0. The standard InChI is InChI=1S/C10H9F3O2.C2H6/c1-2-6-3-4-7(9(14)15)8(5-6)10(11,12)13;1-2/h3-5H,2H2,1H3,(H,14,15);1-2H3. The van der Waals surface area contributed by atoms with E-state index in [0.717, 1.165) is 12.1 Å². The summed E-state index contributed by atoms with van der Waals surface area (Å²) in [6.45, 7) is 5.70. The molecule has 0 spiro atoms. The van der Waals surface area contributed by atoms with Gasteiger partial charge in [-0.2, -0.15) is 13.2 Å². The van der Waals surface area contributed by atoms with Crippen LogP contribution in [0.5, 0.6) is 0 Å². The molecule has 0 aliphatic carbocycles. The van der Waals surface area contributed by atoms with Crippen LogP contribution in [0, 0.1) is 0 Å². The fourth-order valence-corrected chi connectivity index (χ4v) is 1.23. The van der Waals surface area contributed by atoms with E-state index in [2.05, 4.69) is 0 Å². The zero-order valence-corrected chi connectivity index (χ0v) is 9.93. The molecule has 1 N–H and O–H groups in total. The number of hydrogen-bond donors (Lipinski definition) is 1. The van der Waals surface area contributed by atoms with Gasteiger partial charge in [0, 0.05) is 0 Å². The van der Waals surface area contributed by atoms with E-state index in [1.54, 1.807) is 6.92 Å². The van der Waals surface area contributed by atoms with Gasteiger partial charge >= 0.3 is 12.1 Å². The lowest BCUT2D eigenvalue weighted by atomic mass is 10.0. The highest BCUT2D eigenvalue weighted by Crippen LogP contribution is 2.32. The van der Waals surface area contributed by atoms with Gasteiger partial charge in [-0.25, -0.2) is 4.79 Å². The second kappa shape index (κ2) is 6.27. The van der Waals surface area contributed by atoms with Crippen molar-refractivity contribution < 1.29 is 23.1 Å². The summed E-state index contributed by atoms with van der Waals surface area (Å²) in [5, 5.41) is 8.59. The Labute approximate surface area is 98.1 Å². The Kier molecular flexibility index (Phi) is 5.71. The number of carboxylic acids is 1. The number of hydrogen-bond acceptors (Lipinski definition) is 1. The maximum atomic E-state index is 12.5. The fourth-order valence-electron chi connectivity index (χ4n) is 1.23. The molecular weight excluding hydrogens is 233 g/mol. The lowest BCUT2D eigenvalue weighted by Gasteiger charge is -2.11. The van der Waals surface area contributed by atoms with Crippen LogP contribution in [0.4, 0.5) is 13.2 Å². The number of benzene rings is 1. The summed E-state index contributed by atoms with van der Waals surface area (Å²) < 4.78 is 37.4. The van der Waals surface area contributed by atoms with Crippen LogP contribution in [-0.2, 0) is 12.6 Å². The molecule has 0 bridgehead atoms. The predicted octanol–water partition coefficient (Wildman–Crippen LogP) is 3.99. The molecular formula is C12H15F3O2. The van der Waals surface area contributed by atoms with Crippen molar-refractivity contribution in [1.29, 1.82) is 0 Å². The van der Waals surface area contributed by atoms with E-state index in [9.17, 15) is 18.0 Å². The minimum atomic E-state index is -4.63. The zero-order chi connectivity index (χ0) is 13.6. The Hall–Kier alpha value is -1.52. The Morgan fingerprint density at radius 1 is 1.29 bits per heavy atom. The number of aryl methyl sites for hydroxylation is 1. The lowest BCUT2D eigenvalue weighted by Crippen LogP contribution is -2.13. The first kappa shape index (κ1) is 15.5. The monoisotopic (exact) mass is 248 g/mol. The van der Waals surface area contributed by atoms with Gasteiger partial charge < -0.3 is 5.11 Å². The van der Waals surface area contributed by atoms with E-state index in [1.165, 1.54) is 6.07 Å². The van der Waals surface area contributed by atoms with Crippen LogP contribution in [0.3, 0.4) is 0 Å². The maximum absolute atomic E-state index is 12.5. The average Bonchev–Trinajstić information content (AvgIpc) is 2.29. The first-order chi connectivity index (χ1) is 7.86. The van der Waals surface area contributed by atoms with Gasteiger partial charge in [-0.1, -0.05) is 26.8 Å². The Morgan fingerprint density at radius 3 is 2.18 bits per heavy atom. The van der Waals surface area contributed by atoms with Gasteiger partial charge in [0.25, 0.3) is 0 Å². The van der Waals surface area contributed by atoms with Crippen LogP contribution in [0.25, 0.3) is 0 Å². The molecule has 0 atom stereocenters. The topological polar surface area (TPSA) is 37.3 Å². The molecule has 0 saturated carbocycles. The maximum Gasteiger partial charge on any atom is 0.417 e. The summed E-state index contributed by atoms with van der Waals surface area (Å²) in [7, 11) is 0. The van der Waals surface area contributed by atoms with Crippen LogP contribution < -0.4 is 0 Å². The third-order valence-electron chi connectivity index (χ3n) is 2.03. The molecule has 0 amide bonds. The SMILES string of the molecule is CC.CCc1ccc(C(=O)O)c(C(F)(F)F)c1. The number of rotatable bonds is 2. The van der Waals surface area contributed by atoms with Crippen LogP contribution in [0.2, 0.25) is 0 Å². The molecule has 0 aromatic heterocycles. The zero-order valence-electron chi connectivity index (χ0n) is 9.93. The van der Waals surface area contributed by atoms with Crippen molar-refractivity contribution in [3.05, 3.63) is 34.9 Å². The Balaban J connectivity index is 0.00000121. The molecule has 5 heteroatoms. The summed E-state index contributed by atoms with van der Waals surface area (Å²) in [5.41, 5.74) is -1.33. The highest BCUT2D eigenvalue weighted by atomic mass is 19.4. The summed E-state index contributed by atoms with van der Waals surface area (Å²) in [5.74, 6) is -1.56. The van der Waals surface area contributed by atoms with Gasteiger partial charge in [-0.15, -0.1) is 0 Å². The van der Waals surface area contributed by atoms with Crippen molar-refractivity contribution >= 4 is 5.97 Å². The van der Waals surface area contributed by atoms with Crippen molar-refractivity contribution in [1.82, 2.24) is 0 Å². The van der Waals surface area contributed by atoms with Gasteiger partial charge in [0.15, 0.2) is 0 Å². The highest BCUT2D eigenvalue weighted by molar-refractivity contribution is 5.89. The molecule has 2 nitrogen and oxygen atoms in total. The number of alkyl halides is 3. The van der Waals surface area contributed by atoms with Crippen molar-refractivity contribution in [2.24, 2.45) is 0 Å². The quantitative estimate of drug-likeness (QED) is 0.859. The minimum Gasteiger partial charge on any atom is -0.478 e. The third kappa shape index (κ3) is 4.09. The lowest BCUT2D eigenvalue weighted by molar-refractivity contribution is -0.138. The van der Waals surface area contributed by atoms with Crippen molar-refractivity contribution in [3.63, 3.8) is 0 Å². The number of carbonyl (C=O) groups is 1. The summed E-state index contributed by atoms with van der Waals surface area (Å²) in [6, 6.07) is 3.26. The minimum absolute atomic E-state index is 0.434. The summed E-state index contributed by atoms with van der Waals surface area (Å²) in [6.07, 6.45) is -4.19. The number of carboxylic acid groups (broad SMARTS) is 1. The molecule has 0 aliphatic rings. The molecule has 96 valence electrons. The van der Waals surface area contributed by atoms with Crippen LogP contribution in [0.1, 0.15) is 42.3 Å². The first-order valence-electron chi connectivity index (χ1n) is 5.29. The van der Waals surface area contributed by atoms with Gasteiger partial charge in [-0.05, 0) is 24.1 Å². The van der Waals surface area contributed by atoms with E-state index in [4.69, 9.17) is 5.11 Å². The van der Waals surface area contributed by atoms with E-state index >= 15 is 0 Å². The normalized spacial score (nSPS) is 10.5. The molecule has 0 heterocycles. The summed E-state index contributed by atoms with van der Waals surface area (Å²) in [4.78, 5) is 10.6. The first-order valence-corrected chi connectivity index (χ1v) is 5.29. The van der Waals surface area contributed by atoms with Crippen LogP contribution in [-0.4, -0.2) is 11.1 Å². The largest absolute Gasteiger partial charge is 0.478 e. The molecule has 1 aromatic rings. The van der Waals surface area contributed by atoms with Gasteiger partial charge in [0.2, 0.25) is 0 Å². The van der Waals surface area contributed by atoms with E-state index in [0.29, 0.717) is 12.0 Å². The van der Waals surface area contributed by atoms with Crippen molar-refractivity contribution in [2.45, 2.75) is 33.4 Å². The molecule has 0 saturated heterocycles. The van der Waals surface area contributed by atoms with E-state index in [-0.39, 0.29) is 0 Å². The number of aromatic carboxylic acids is 1. The number of halogens is 3. The van der Waals surface area contributed by atoms with Crippen LogP contribution in [0.15, 0.2) is 18.2 Å². The smallest absolute Gasteiger partial charge is 0.417 e. The molecule has 0 unspecified atom stereocenters. The fraction of sp³-hybridized carbons (Fsp3) is 0.417. The molecule has 0 radical (unpaired) electrons.